The van der Waals surface area contributed by atoms with Gasteiger partial charge in [-0.15, -0.1) is 0 Å². The standard InChI is InChI=1S/C16H15N3/c1-19-10-9-16(18-19)14-11-13(7-8-15(14)17)12-5-3-2-4-6-12/h2-11H,17H2,1H3. The second-order valence-electron chi connectivity index (χ2n) is 4.54. The molecule has 0 aliphatic carbocycles. The fourth-order valence-electron chi connectivity index (χ4n) is 2.15. The third kappa shape index (κ3) is 2.22. The summed E-state index contributed by atoms with van der Waals surface area (Å²) in [5.41, 5.74) is 11.0. The number of nitrogens with two attached hydrogens (primary N) is 1. The van der Waals surface area contributed by atoms with Gasteiger partial charge in [-0.1, -0.05) is 36.4 Å². The van der Waals surface area contributed by atoms with E-state index in [1.54, 1.807) is 4.68 Å². The highest BCUT2D eigenvalue weighted by Crippen LogP contribution is 2.29. The number of aromatic nitrogens is 2. The molecule has 0 saturated heterocycles. The fraction of sp³-hybridized carbons (Fsp3) is 0.0625. The van der Waals surface area contributed by atoms with E-state index in [0.717, 1.165) is 22.5 Å². The van der Waals surface area contributed by atoms with Crippen molar-refractivity contribution in [3.05, 3.63) is 60.8 Å². The molecule has 0 spiro atoms. The van der Waals surface area contributed by atoms with Gasteiger partial charge in [0.15, 0.2) is 0 Å². The Morgan fingerprint density at radius 2 is 1.74 bits per heavy atom. The highest BCUT2D eigenvalue weighted by Gasteiger charge is 2.07. The van der Waals surface area contributed by atoms with E-state index in [4.69, 9.17) is 5.73 Å². The topological polar surface area (TPSA) is 43.8 Å². The Morgan fingerprint density at radius 1 is 0.947 bits per heavy atom. The Labute approximate surface area is 112 Å². The zero-order valence-electron chi connectivity index (χ0n) is 10.7. The minimum Gasteiger partial charge on any atom is -0.398 e. The average molecular weight is 249 g/mol. The van der Waals surface area contributed by atoms with Crippen molar-refractivity contribution in [2.75, 3.05) is 5.73 Å². The molecule has 2 N–H and O–H groups in total. The molecule has 0 radical (unpaired) electrons. The van der Waals surface area contributed by atoms with Crippen LogP contribution in [0.4, 0.5) is 5.69 Å². The Hall–Kier alpha value is -2.55. The van der Waals surface area contributed by atoms with Crippen molar-refractivity contribution < 1.29 is 0 Å². The Balaban J connectivity index is 2.11. The van der Waals surface area contributed by atoms with E-state index in [1.165, 1.54) is 5.56 Å². The van der Waals surface area contributed by atoms with E-state index in [9.17, 15) is 0 Å². The molecule has 19 heavy (non-hydrogen) atoms. The lowest BCUT2D eigenvalue weighted by Crippen LogP contribution is -1.93. The molecule has 0 saturated carbocycles. The molecule has 0 aliphatic heterocycles. The van der Waals surface area contributed by atoms with Crippen LogP contribution < -0.4 is 5.73 Å². The van der Waals surface area contributed by atoms with Gasteiger partial charge < -0.3 is 5.73 Å². The summed E-state index contributed by atoms with van der Waals surface area (Å²) < 4.78 is 1.78. The normalized spacial score (nSPS) is 10.6. The molecule has 1 heterocycles. The second-order valence-corrected chi connectivity index (χ2v) is 4.54. The van der Waals surface area contributed by atoms with Crippen molar-refractivity contribution in [2.24, 2.45) is 7.05 Å². The predicted octanol–water partition coefficient (Wildman–Crippen LogP) is 3.34. The smallest absolute Gasteiger partial charge is 0.0943 e. The van der Waals surface area contributed by atoms with E-state index < -0.39 is 0 Å². The zero-order valence-corrected chi connectivity index (χ0v) is 10.7. The molecule has 3 rings (SSSR count). The van der Waals surface area contributed by atoms with E-state index in [1.807, 2.05) is 49.6 Å². The molecule has 3 heteroatoms. The van der Waals surface area contributed by atoms with Crippen molar-refractivity contribution in [1.29, 1.82) is 0 Å². The molecule has 3 aromatic rings. The zero-order chi connectivity index (χ0) is 13.2. The van der Waals surface area contributed by atoms with Crippen molar-refractivity contribution in [3.63, 3.8) is 0 Å². The minimum atomic E-state index is 0.749. The lowest BCUT2D eigenvalue weighted by atomic mass is 10.0. The van der Waals surface area contributed by atoms with Crippen LogP contribution in [0.15, 0.2) is 60.8 Å². The number of hydrogen-bond donors (Lipinski definition) is 1. The summed E-state index contributed by atoms with van der Waals surface area (Å²) in [6.07, 6.45) is 1.92. The van der Waals surface area contributed by atoms with E-state index >= 15 is 0 Å². The maximum absolute atomic E-state index is 6.06. The Kier molecular flexibility index (Phi) is 2.80. The molecule has 2 aromatic carbocycles. The number of anilines is 1. The van der Waals surface area contributed by atoms with Crippen LogP contribution >= 0.6 is 0 Å². The Morgan fingerprint density at radius 3 is 2.42 bits per heavy atom. The molecule has 1 aromatic heterocycles. The van der Waals surface area contributed by atoms with Crippen LogP contribution in [0.25, 0.3) is 22.4 Å². The van der Waals surface area contributed by atoms with Crippen molar-refractivity contribution >= 4 is 5.69 Å². The summed E-state index contributed by atoms with van der Waals surface area (Å²) >= 11 is 0. The second kappa shape index (κ2) is 4.61. The first-order chi connectivity index (χ1) is 9.24. The minimum absolute atomic E-state index is 0.749. The van der Waals surface area contributed by atoms with Crippen LogP contribution in [-0.4, -0.2) is 9.78 Å². The van der Waals surface area contributed by atoms with E-state index in [2.05, 4.69) is 23.3 Å². The summed E-state index contributed by atoms with van der Waals surface area (Å²) in [6.45, 7) is 0. The van der Waals surface area contributed by atoms with Gasteiger partial charge in [0.2, 0.25) is 0 Å². The molecule has 0 aliphatic rings. The summed E-state index contributed by atoms with van der Waals surface area (Å²) in [5, 5.41) is 4.41. The first-order valence-electron chi connectivity index (χ1n) is 6.19. The molecular weight excluding hydrogens is 234 g/mol. The number of hydrogen-bond acceptors (Lipinski definition) is 2. The number of benzene rings is 2. The number of nitrogens with zero attached hydrogens (tertiary/aromatic N) is 2. The van der Waals surface area contributed by atoms with Crippen LogP contribution in [0.5, 0.6) is 0 Å². The first kappa shape index (κ1) is 11.5. The van der Waals surface area contributed by atoms with Crippen LogP contribution in [-0.2, 0) is 7.05 Å². The fourth-order valence-corrected chi connectivity index (χ4v) is 2.15. The molecular formula is C16H15N3. The monoisotopic (exact) mass is 249 g/mol. The molecule has 0 atom stereocenters. The van der Waals surface area contributed by atoms with Gasteiger partial charge in [-0.05, 0) is 29.3 Å². The van der Waals surface area contributed by atoms with Gasteiger partial charge in [-0.25, -0.2) is 0 Å². The van der Waals surface area contributed by atoms with Crippen LogP contribution in [0.1, 0.15) is 0 Å². The number of nitrogen functional groups attached to an aromatic ring is 1. The third-order valence-corrected chi connectivity index (χ3v) is 3.15. The molecule has 3 nitrogen and oxygen atoms in total. The lowest BCUT2D eigenvalue weighted by Gasteiger charge is -2.07. The average Bonchev–Trinajstić information content (AvgIpc) is 2.87. The van der Waals surface area contributed by atoms with Gasteiger partial charge in [-0.3, -0.25) is 4.68 Å². The Bertz CT molecular complexity index is 699. The molecule has 94 valence electrons. The predicted molar refractivity (Wildman–Crippen MR) is 78.5 cm³/mol. The van der Waals surface area contributed by atoms with Gasteiger partial charge in [0.1, 0.15) is 0 Å². The molecule has 0 fully saturated rings. The highest BCUT2D eigenvalue weighted by atomic mass is 15.2. The van der Waals surface area contributed by atoms with E-state index in [-0.39, 0.29) is 0 Å². The van der Waals surface area contributed by atoms with Crippen LogP contribution in [0, 0.1) is 0 Å². The summed E-state index contributed by atoms with van der Waals surface area (Å²) in [5.74, 6) is 0. The van der Waals surface area contributed by atoms with Crippen LogP contribution in [0.3, 0.4) is 0 Å². The number of aryl methyl sites for hydroxylation is 1. The maximum Gasteiger partial charge on any atom is 0.0943 e. The van der Waals surface area contributed by atoms with E-state index in [0.29, 0.717) is 0 Å². The highest BCUT2D eigenvalue weighted by molar-refractivity contribution is 5.80. The van der Waals surface area contributed by atoms with Gasteiger partial charge in [0.25, 0.3) is 0 Å². The summed E-state index contributed by atoms with van der Waals surface area (Å²) in [4.78, 5) is 0. The van der Waals surface area contributed by atoms with Gasteiger partial charge in [0.05, 0.1) is 5.69 Å². The molecule has 0 bridgehead atoms. The van der Waals surface area contributed by atoms with Gasteiger partial charge >= 0.3 is 0 Å². The SMILES string of the molecule is Cn1ccc(-c2cc(-c3ccccc3)ccc2N)n1. The lowest BCUT2D eigenvalue weighted by molar-refractivity contribution is 0.771. The van der Waals surface area contributed by atoms with Crippen molar-refractivity contribution in [1.82, 2.24) is 9.78 Å². The quantitative estimate of drug-likeness (QED) is 0.708. The van der Waals surface area contributed by atoms with Crippen LogP contribution in [0.2, 0.25) is 0 Å². The third-order valence-electron chi connectivity index (χ3n) is 3.15. The van der Waals surface area contributed by atoms with Crippen molar-refractivity contribution in [2.45, 2.75) is 0 Å². The molecule has 0 unspecified atom stereocenters. The van der Waals surface area contributed by atoms with Gasteiger partial charge in [0, 0.05) is 24.5 Å². The van der Waals surface area contributed by atoms with Gasteiger partial charge in [-0.2, -0.15) is 5.10 Å². The first-order valence-corrected chi connectivity index (χ1v) is 6.19. The number of rotatable bonds is 2. The van der Waals surface area contributed by atoms with Crippen molar-refractivity contribution in [3.8, 4) is 22.4 Å². The largest absolute Gasteiger partial charge is 0.398 e. The maximum atomic E-state index is 6.06. The summed E-state index contributed by atoms with van der Waals surface area (Å²) in [6, 6.07) is 18.3. The molecule has 0 amide bonds. The summed E-state index contributed by atoms with van der Waals surface area (Å²) in [7, 11) is 1.90.